The van der Waals surface area contributed by atoms with Crippen molar-refractivity contribution in [2.24, 2.45) is 0 Å². The van der Waals surface area contributed by atoms with Crippen LogP contribution >= 0.6 is 0 Å². The lowest BCUT2D eigenvalue weighted by atomic mass is 10.1. The third-order valence-corrected chi connectivity index (χ3v) is 5.22. The number of likely N-dealkylation sites (N-methyl/N-ethyl adjacent to an activating group) is 1. The number of pyridine rings is 1. The average molecular weight is 475 g/mol. The van der Waals surface area contributed by atoms with Crippen molar-refractivity contribution >= 4 is 17.6 Å². The Morgan fingerprint density at radius 1 is 1.26 bits per heavy atom. The molecule has 0 saturated heterocycles. The van der Waals surface area contributed by atoms with E-state index in [4.69, 9.17) is 4.74 Å². The molecule has 10 heteroatoms. The number of amides is 2. The van der Waals surface area contributed by atoms with Crippen LogP contribution in [0.25, 0.3) is 0 Å². The number of rotatable bonds is 4. The first-order valence-corrected chi connectivity index (χ1v) is 11.0. The van der Waals surface area contributed by atoms with Crippen molar-refractivity contribution in [3.8, 4) is 17.6 Å². The van der Waals surface area contributed by atoms with Gasteiger partial charge in [-0.3, -0.25) is 19.6 Å². The normalized spacial score (nSPS) is 15.4. The van der Waals surface area contributed by atoms with E-state index in [1.165, 1.54) is 4.90 Å². The van der Waals surface area contributed by atoms with Crippen LogP contribution in [0.4, 0.5) is 5.82 Å². The number of benzene rings is 1. The fourth-order valence-electron chi connectivity index (χ4n) is 3.36. The van der Waals surface area contributed by atoms with Crippen LogP contribution in [-0.4, -0.2) is 62.4 Å². The molecule has 0 saturated carbocycles. The minimum absolute atomic E-state index is 0.0633. The molecule has 10 nitrogen and oxygen atoms in total. The van der Waals surface area contributed by atoms with Crippen molar-refractivity contribution in [2.75, 3.05) is 18.6 Å². The minimum atomic E-state index is -1.18. The number of aliphatic hydroxyl groups is 1. The number of aromatic nitrogens is 4. The molecule has 1 aromatic carbocycles. The van der Waals surface area contributed by atoms with Gasteiger partial charge in [-0.05, 0) is 44.4 Å². The van der Waals surface area contributed by atoms with Crippen LogP contribution in [0, 0.1) is 18.8 Å². The lowest BCUT2D eigenvalue weighted by Gasteiger charge is -2.19. The number of fused-ring (bicyclic) bond motifs is 1. The Morgan fingerprint density at radius 3 is 2.71 bits per heavy atom. The van der Waals surface area contributed by atoms with Gasteiger partial charge in [0.15, 0.2) is 11.6 Å². The molecule has 180 valence electrons. The van der Waals surface area contributed by atoms with Gasteiger partial charge in [-0.25, -0.2) is 9.97 Å². The van der Waals surface area contributed by atoms with Crippen molar-refractivity contribution in [1.82, 2.24) is 25.5 Å². The molecule has 2 aromatic heterocycles. The fraction of sp³-hybridized carbons (Fsp3) is 0.320. The first kappa shape index (κ1) is 23.9. The fourth-order valence-corrected chi connectivity index (χ4v) is 3.36. The summed E-state index contributed by atoms with van der Waals surface area (Å²) < 4.78 is 5.75. The van der Waals surface area contributed by atoms with Crippen LogP contribution in [0.1, 0.15) is 47.1 Å². The summed E-state index contributed by atoms with van der Waals surface area (Å²) in [5, 5.41) is 19.2. The van der Waals surface area contributed by atoms with Crippen molar-refractivity contribution in [3.63, 3.8) is 0 Å². The third kappa shape index (κ3) is 5.83. The topological polar surface area (TPSA) is 133 Å². The van der Waals surface area contributed by atoms with E-state index in [2.05, 4.69) is 37.3 Å². The van der Waals surface area contributed by atoms with E-state index < -0.39 is 23.5 Å². The van der Waals surface area contributed by atoms with E-state index in [0.29, 0.717) is 23.7 Å². The van der Waals surface area contributed by atoms with Crippen molar-refractivity contribution in [2.45, 2.75) is 38.8 Å². The van der Waals surface area contributed by atoms with Gasteiger partial charge in [-0.15, -0.1) is 5.10 Å². The SMILES string of the molecule is Cc1ccc(Cc2nc(C(=O)N[C@H]3COc4ccc(C#CC(C)(C)O)nc4N(C)C3=O)n[nH]2)cc1. The molecular weight excluding hydrogens is 448 g/mol. The number of ether oxygens (including phenoxy) is 1. The summed E-state index contributed by atoms with van der Waals surface area (Å²) in [6.07, 6.45) is 0.494. The molecule has 1 atom stereocenters. The minimum Gasteiger partial charge on any atom is -0.487 e. The molecule has 3 N–H and O–H groups in total. The molecular formula is C25H26N6O4. The quantitative estimate of drug-likeness (QED) is 0.487. The number of carbonyl (C=O) groups is 2. The van der Waals surface area contributed by atoms with E-state index in [-0.39, 0.29) is 18.2 Å². The number of nitrogens with one attached hydrogen (secondary N) is 2. The number of nitrogens with zero attached hydrogens (tertiary/aromatic N) is 4. The second-order valence-corrected chi connectivity index (χ2v) is 8.83. The van der Waals surface area contributed by atoms with Gasteiger partial charge in [0, 0.05) is 13.5 Å². The standard InChI is InChI=1S/C25H26N6O4/c1-15-5-7-16(8-6-15)13-20-28-21(30-29-20)23(32)27-18-14-35-19-10-9-17(11-12-25(2,3)34)26-22(19)31(4)24(18)33/h5-10,18,34H,13-14H2,1-4H3,(H,27,32)(H,28,29,30)/t18-/m0/s1. The molecule has 0 fully saturated rings. The van der Waals surface area contributed by atoms with Crippen LogP contribution in [0.2, 0.25) is 0 Å². The molecule has 4 rings (SSSR count). The van der Waals surface area contributed by atoms with Gasteiger partial charge in [0.2, 0.25) is 5.82 Å². The molecule has 3 aromatic rings. The molecule has 0 spiro atoms. The summed E-state index contributed by atoms with van der Waals surface area (Å²) in [6.45, 7) is 5.05. The Kier molecular flexibility index (Phi) is 6.53. The van der Waals surface area contributed by atoms with E-state index in [9.17, 15) is 14.7 Å². The Morgan fingerprint density at radius 2 is 2.00 bits per heavy atom. The number of hydrogen-bond acceptors (Lipinski definition) is 7. The van der Waals surface area contributed by atoms with Crippen molar-refractivity contribution < 1.29 is 19.4 Å². The van der Waals surface area contributed by atoms with E-state index in [0.717, 1.165) is 11.1 Å². The Bertz CT molecular complexity index is 1310. The summed E-state index contributed by atoms with van der Waals surface area (Å²) in [5.41, 5.74) is 1.38. The first-order chi connectivity index (χ1) is 16.6. The highest BCUT2D eigenvalue weighted by atomic mass is 16.5. The van der Waals surface area contributed by atoms with Gasteiger partial charge < -0.3 is 15.2 Å². The maximum Gasteiger partial charge on any atom is 0.291 e. The Hall–Kier alpha value is -4.23. The highest BCUT2D eigenvalue weighted by molar-refractivity contribution is 6.01. The first-order valence-electron chi connectivity index (χ1n) is 11.0. The zero-order chi connectivity index (χ0) is 25.2. The van der Waals surface area contributed by atoms with Crippen LogP contribution in [0.5, 0.6) is 5.75 Å². The van der Waals surface area contributed by atoms with Crippen LogP contribution in [0.15, 0.2) is 36.4 Å². The van der Waals surface area contributed by atoms with E-state index in [1.807, 2.05) is 31.2 Å². The largest absolute Gasteiger partial charge is 0.487 e. The predicted molar refractivity (Wildman–Crippen MR) is 128 cm³/mol. The molecule has 1 aliphatic heterocycles. The number of aryl methyl sites for hydroxylation is 1. The average Bonchev–Trinajstić information content (AvgIpc) is 3.25. The van der Waals surface area contributed by atoms with E-state index in [1.54, 1.807) is 33.0 Å². The number of anilines is 1. The lowest BCUT2D eigenvalue weighted by molar-refractivity contribution is -0.120. The van der Waals surface area contributed by atoms with Crippen LogP contribution in [-0.2, 0) is 11.2 Å². The molecule has 35 heavy (non-hydrogen) atoms. The van der Waals surface area contributed by atoms with Gasteiger partial charge in [0.1, 0.15) is 29.8 Å². The monoisotopic (exact) mass is 474 g/mol. The summed E-state index contributed by atoms with van der Waals surface area (Å²) in [6, 6.07) is 10.3. The summed E-state index contributed by atoms with van der Waals surface area (Å²) >= 11 is 0. The summed E-state index contributed by atoms with van der Waals surface area (Å²) in [5.74, 6) is 5.59. The van der Waals surface area contributed by atoms with Crippen molar-refractivity contribution in [3.05, 3.63) is 64.9 Å². The molecule has 0 radical (unpaired) electrons. The summed E-state index contributed by atoms with van der Waals surface area (Å²) in [4.78, 5) is 35.7. The zero-order valence-electron chi connectivity index (χ0n) is 19.9. The van der Waals surface area contributed by atoms with Gasteiger partial charge in [-0.2, -0.15) is 0 Å². The highest BCUT2D eigenvalue weighted by Gasteiger charge is 2.32. The second kappa shape index (κ2) is 9.56. The molecule has 0 aliphatic carbocycles. The molecule has 1 aliphatic rings. The molecule has 2 amide bonds. The summed E-state index contributed by atoms with van der Waals surface area (Å²) in [7, 11) is 1.54. The third-order valence-electron chi connectivity index (χ3n) is 5.22. The van der Waals surface area contributed by atoms with Gasteiger partial charge in [0.05, 0.1) is 0 Å². The van der Waals surface area contributed by atoms with Crippen LogP contribution < -0.4 is 15.0 Å². The van der Waals surface area contributed by atoms with Crippen molar-refractivity contribution in [1.29, 1.82) is 0 Å². The molecule has 0 bridgehead atoms. The van der Waals surface area contributed by atoms with Gasteiger partial charge in [-0.1, -0.05) is 35.7 Å². The second-order valence-electron chi connectivity index (χ2n) is 8.83. The highest BCUT2D eigenvalue weighted by Crippen LogP contribution is 2.28. The van der Waals surface area contributed by atoms with Crippen LogP contribution in [0.3, 0.4) is 0 Å². The Labute approximate surface area is 202 Å². The number of aromatic amines is 1. The maximum atomic E-state index is 13.0. The van der Waals surface area contributed by atoms with Gasteiger partial charge in [0.25, 0.3) is 11.8 Å². The molecule has 3 heterocycles. The maximum absolute atomic E-state index is 13.0. The smallest absolute Gasteiger partial charge is 0.291 e. The number of carbonyl (C=O) groups excluding carboxylic acids is 2. The Balaban J connectivity index is 1.45. The zero-order valence-corrected chi connectivity index (χ0v) is 19.9. The van der Waals surface area contributed by atoms with Gasteiger partial charge >= 0.3 is 0 Å². The molecule has 0 unspecified atom stereocenters. The number of hydrogen-bond donors (Lipinski definition) is 3. The predicted octanol–water partition coefficient (Wildman–Crippen LogP) is 1.38. The van der Waals surface area contributed by atoms with E-state index >= 15 is 0 Å². The lowest BCUT2D eigenvalue weighted by Crippen LogP contribution is -2.49. The number of H-pyrrole nitrogens is 1.